The third-order valence-electron chi connectivity index (χ3n) is 2.70. The number of urea groups is 1. The van der Waals surface area contributed by atoms with Crippen molar-refractivity contribution in [2.24, 2.45) is 0 Å². The van der Waals surface area contributed by atoms with Crippen LogP contribution in [0, 0.1) is 0 Å². The van der Waals surface area contributed by atoms with Crippen LogP contribution in [0.1, 0.15) is 6.42 Å². The molecule has 1 aliphatic rings. The van der Waals surface area contributed by atoms with Crippen LogP contribution in [0.15, 0.2) is 0 Å². The highest BCUT2D eigenvalue weighted by Gasteiger charge is 2.26. The minimum atomic E-state index is -3.31. The second kappa shape index (κ2) is 6.55. The summed E-state index contributed by atoms with van der Waals surface area (Å²) < 4.78 is 22.0. The van der Waals surface area contributed by atoms with Gasteiger partial charge in [0.05, 0.1) is 5.75 Å². The van der Waals surface area contributed by atoms with E-state index in [1.165, 1.54) is 4.90 Å². The van der Waals surface area contributed by atoms with Crippen LogP contribution in [-0.2, 0) is 19.4 Å². The molecular formula is C10H17N3O6S. The van der Waals surface area contributed by atoms with Gasteiger partial charge in [-0.3, -0.25) is 4.79 Å². The molecule has 114 valence electrons. The quantitative estimate of drug-likeness (QED) is 0.539. The van der Waals surface area contributed by atoms with Crippen LogP contribution in [0.4, 0.5) is 4.79 Å². The summed E-state index contributed by atoms with van der Waals surface area (Å²) in [5.74, 6) is -1.98. The van der Waals surface area contributed by atoms with E-state index in [9.17, 15) is 22.8 Å². The van der Waals surface area contributed by atoms with Gasteiger partial charge in [0.25, 0.3) is 0 Å². The summed E-state index contributed by atoms with van der Waals surface area (Å²) in [6.45, 7) is 0.424. The summed E-state index contributed by atoms with van der Waals surface area (Å²) in [6, 6.07) is -2.00. The number of rotatable bonds is 5. The zero-order valence-corrected chi connectivity index (χ0v) is 11.8. The number of amides is 3. The first-order valence-electron chi connectivity index (χ1n) is 5.92. The smallest absolute Gasteiger partial charge is 0.326 e. The van der Waals surface area contributed by atoms with Gasteiger partial charge in [-0.1, -0.05) is 0 Å². The second-order valence-electron chi connectivity index (χ2n) is 4.53. The van der Waals surface area contributed by atoms with Crippen LogP contribution in [0.5, 0.6) is 0 Å². The second-order valence-corrected chi connectivity index (χ2v) is 6.79. The standard InChI is InChI=1S/C10H17N3O6S/c1-20(18,19)5-2-7(9(15)16)12-10(17)13-4-3-11-8(14)6-13/h7H,2-6H2,1H3,(H,11,14)(H,12,17)(H,15,16). The van der Waals surface area contributed by atoms with Gasteiger partial charge in [-0.2, -0.15) is 0 Å². The molecule has 0 bridgehead atoms. The van der Waals surface area contributed by atoms with Crippen LogP contribution < -0.4 is 10.6 Å². The van der Waals surface area contributed by atoms with Gasteiger partial charge >= 0.3 is 12.0 Å². The molecule has 1 rings (SSSR count). The Morgan fingerprint density at radius 3 is 2.65 bits per heavy atom. The molecule has 1 heterocycles. The van der Waals surface area contributed by atoms with Crippen molar-refractivity contribution in [3.05, 3.63) is 0 Å². The number of aliphatic carboxylic acids is 1. The molecule has 0 aromatic carbocycles. The average Bonchev–Trinajstić information content (AvgIpc) is 2.32. The Kier molecular flexibility index (Phi) is 5.31. The molecule has 0 aliphatic carbocycles. The summed E-state index contributed by atoms with van der Waals surface area (Å²) in [6.07, 6.45) is 0.767. The van der Waals surface area contributed by atoms with Crippen LogP contribution >= 0.6 is 0 Å². The molecule has 0 aromatic heterocycles. The van der Waals surface area contributed by atoms with E-state index >= 15 is 0 Å². The SMILES string of the molecule is CS(=O)(=O)CCC(NC(=O)N1CCNC(=O)C1)C(=O)O. The highest BCUT2D eigenvalue weighted by atomic mass is 32.2. The number of nitrogens with zero attached hydrogens (tertiary/aromatic N) is 1. The summed E-state index contributed by atoms with van der Waals surface area (Å²) in [4.78, 5) is 35.1. The molecule has 0 saturated carbocycles. The maximum atomic E-state index is 11.8. The van der Waals surface area contributed by atoms with Gasteiger partial charge in [-0.25, -0.2) is 18.0 Å². The minimum absolute atomic E-state index is 0.149. The molecule has 1 aliphatic heterocycles. The Labute approximate surface area is 116 Å². The molecule has 0 spiro atoms. The van der Waals surface area contributed by atoms with E-state index in [4.69, 9.17) is 5.11 Å². The highest BCUT2D eigenvalue weighted by Crippen LogP contribution is 2.00. The van der Waals surface area contributed by atoms with E-state index in [1.54, 1.807) is 0 Å². The van der Waals surface area contributed by atoms with Crippen molar-refractivity contribution in [3.8, 4) is 0 Å². The van der Waals surface area contributed by atoms with Crippen molar-refractivity contribution in [2.75, 3.05) is 31.6 Å². The van der Waals surface area contributed by atoms with Crippen LogP contribution in [-0.4, -0.2) is 74.0 Å². The fourth-order valence-corrected chi connectivity index (χ4v) is 2.31. The molecular weight excluding hydrogens is 290 g/mol. The van der Waals surface area contributed by atoms with Crippen molar-refractivity contribution in [3.63, 3.8) is 0 Å². The molecule has 1 atom stereocenters. The van der Waals surface area contributed by atoms with Crippen LogP contribution in [0.3, 0.4) is 0 Å². The van der Waals surface area contributed by atoms with Crippen molar-refractivity contribution in [1.29, 1.82) is 0 Å². The summed E-state index contributed by atoms with van der Waals surface area (Å²) in [7, 11) is -3.31. The van der Waals surface area contributed by atoms with Crippen molar-refractivity contribution in [2.45, 2.75) is 12.5 Å². The lowest BCUT2D eigenvalue weighted by atomic mass is 10.2. The van der Waals surface area contributed by atoms with Gasteiger partial charge in [-0.15, -0.1) is 0 Å². The zero-order valence-electron chi connectivity index (χ0n) is 11.0. The molecule has 3 N–H and O–H groups in total. The molecule has 20 heavy (non-hydrogen) atoms. The topological polar surface area (TPSA) is 133 Å². The van der Waals surface area contributed by atoms with E-state index in [1.807, 2.05) is 0 Å². The van der Waals surface area contributed by atoms with Crippen molar-refractivity contribution >= 4 is 27.7 Å². The van der Waals surface area contributed by atoms with Gasteiger partial charge in [0.2, 0.25) is 5.91 Å². The maximum absolute atomic E-state index is 11.8. The molecule has 0 radical (unpaired) electrons. The molecule has 10 heteroatoms. The first kappa shape index (κ1) is 16.2. The lowest BCUT2D eigenvalue weighted by Crippen LogP contribution is -2.55. The zero-order chi connectivity index (χ0) is 15.3. The van der Waals surface area contributed by atoms with Crippen LogP contribution in [0.2, 0.25) is 0 Å². The van der Waals surface area contributed by atoms with E-state index < -0.39 is 27.9 Å². The fourth-order valence-electron chi connectivity index (χ4n) is 1.64. The van der Waals surface area contributed by atoms with Gasteiger partial charge in [-0.05, 0) is 6.42 Å². The number of hydrogen-bond acceptors (Lipinski definition) is 5. The number of nitrogens with one attached hydrogen (secondary N) is 2. The Hall–Kier alpha value is -1.84. The number of sulfone groups is 1. The van der Waals surface area contributed by atoms with E-state index in [2.05, 4.69) is 10.6 Å². The third-order valence-corrected chi connectivity index (χ3v) is 3.68. The molecule has 1 fully saturated rings. The maximum Gasteiger partial charge on any atom is 0.326 e. The highest BCUT2D eigenvalue weighted by molar-refractivity contribution is 7.90. The summed E-state index contributed by atoms with van der Waals surface area (Å²) in [5.41, 5.74) is 0. The summed E-state index contributed by atoms with van der Waals surface area (Å²) >= 11 is 0. The largest absolute Gasteiger partial charge is 0.480 e. The Bertz CT molecular complexity index is 503. The van der Waals surface area contributed by atoms with Crippen molar-refractivity contribution < 1.29 is 27.9 Å². The number of hydrogen-bond donors (Lipinski definition) is 3. The molecule has 3 amide bonds. The van der Waals surface area contributed by atoms with E-state index in [-0.39, 0.29) is 31.2 Å². The number of carboxylic acid groups (broad SMARTS) is 1. The number of piperazine rings is 1. The van der Waals surface area contributed by atoms with Crippen LogP contribution in [0.25, 0.3) is 0 Å². The Morgan fingerprint density at radius 1 is 1.50 bits per heavy atom. The predicted molar refractivity (Wildman–Crippen MR) is 68.9 cm³/mol. The first-order valence-corrected chi connectivity index (χ1v) is 7.98. The number of carbonyl (C=O) groups excluding carboxylic acids is 2. The minimum Gasteiger partial charge on any atom is -0.480 e. The number of carboxylic acids is 1. The van der Waals surface area contributed by atoms with Gasteiger partial charge in [0, 0.05) is 19.3 Å². The molecule has 1 unspecified atom stereocenters. The lowest BCUT2D eigenvalue weighted by Gasteiger charge is -2.28. The van der Waals surface area contributed by atoms with Crippen molar-refractivity contribution in [1.82, 2.24) is 15.5 Å². The fraction of sp³-hybridized carbons (Fsp3) is 0.700. The van der Waals surface area contributed by atoms with Gasteiger partial charge in [0.1, 0.15) is 22.4 Å². The first-order chi connectivity index (χ1) is 9.19. The normalized spacial score (nSPS) is 17.2. The van der Waals surface area contributed by atoms with E-state index in [0.717, 1.165) is 6.26 Å². The third kappa shape index (κ3) is 5.43. The Balaban J connectivity index is 2.58. The lowest BCUT2D eigenvalue weighted by molar-refractivity contribution is -0.139. The Morgan fingerprint density at radius 2 is 2.15 bits per heavy atom. The average molecular weight is 307 g/mol. The monoisotopic (exact) mass is 307 g/mol. The summed E-state index contributed by atoms with van der Waals surface area (Å²) in [5, 5.41) is 13.7. The number of carbonyl (C=O) groups is 3. The molecule has 9 nitrogen and oxygen atoms in total. The molecule has 0 aromatic rings. The van der Waals surface area contributed by atoms with E-state index in [0.29, 0.717) is 6.54 Å². The molecule has 1 saturated heterocycles. The van der Waals surface area contributed by atoms with Gasteiger partial charge in [0.15, 0.2) is 0 Å². The predicted octanol–water partition coefficient (Wildman–Crippen LogP) is -1.98. The van der Waals surface area contributed by atoms with Gasteiger partial charge < -0.3 is 20.6 Å².